The predicted octanol–water partition coefficient (Wildman–Crippen LogP) is 1.94. The average Bonchev–Trinajstić information content (AvgIpc) is 3.14. The highest BCUT2D eigenvalue weighted by Gasteiger charge is 2.60. The minimum absolute atomic E-state index is 0.199. The van der Waals surface area contributed by atoms with E-state index in [-0.39, 0.29) is 12.5 Å². The van der Waals surface area contributed by atoms with Crippen LogP contribution in [0.25, 0.3) is 0 Å². The second-order valence-corrected chi connectivity index (χ2v) is 7.68. The maximum Gasteiger partial charge on any atom is 0.265 e. The standard InChI is InChI=1S/C22H23N3O4/c1-12-8-9-15(10-14(12)3)19-18-20(29-24(19)11-17(23)26)22(28)25(21(18)27)16-7-5-4-6-13(16)2/h4-10,18-20H,11H2,1-3H3,(H2,23,26). The third kappa shape index (κ3) is 3.12. The highest BCUT2D eigenvalue weighted by atomic mass is 16.7. The Morgan fingerprint density at radius 1 is 1.00 bits per heavy atom. The SMILES string of the molecule is Cc1ccc(C2C3C(=O)N(c4ccccc4C)C(=O)C3ON2CC(N)=O)cc1C. The van der Waals surface area contributed by atoms with Crippen LogP contribution in [0, 0.1) is 26.7 Å². The number of aryl methyl sites for hydroxylation is 3. The van der Waals surface area contributed by atoms with Crippen molar-refractivity contribution in [2.75, 3.05) is 11.4 Å². The number of carbonyl (C=O) groups excluding carboxylic acids is 3. The molecule has 3 atom stereocenters. The minimum Gasteiger partial charge on any atom is -0.368 e. The summed E-state index contributed by atoms with van der Waals surface area (Å²) in [5.41, 5.74) is 9.74. The predicted molar refractivity (Wildman–Crippen MR) is 107 cm³/mol. The number of rotatable bonds is 4. The summed E-state index contributed by atoms with van der Waals surface area (Å²) in [6, 6.07) is 12.5. The summed E-state index contributed by atoms with van der Waals surface area (Å²) >= 11 is 0. The summed E-state index contributed by atoms with van der Waals surface area (Å²) in [7, 11) is 0. The lowest BCUT2D eigenvalue weighted by molar-refractivity contribution is -0.175. The largest absolute Gasteiger partial charge is 0.368 e. The van der Waals surface area contributed by atoms with Gasteiger partial charge in [-0.25, -0.2) is 4.90 Å². The molecule has 2 N–H and O–H groups in total. The number of hydrogen-bond acceptors (Lipinski definition) is 5. The van der Waals surface area contributed by atoms with E-state index in [4.69, 9.17) is 10.6 Å². The van der Waals surface area contributed by atoms with E-state index >= 15 is 0 Å². The molecule has 2 saturated heterocycles. The van der Waals surface area contributed by atoms with Crippen LogP contribution >= 0.6 is 0 Å². The lowest BCUT2D eigenvalue weighted by atomic mass is 9.89. The quantitative estimate of drug-likeness (QED) is 0.802. The number of fused-ring (bicyclic) bond motifs is 1. The van der Waals surface area contributed by atoms with Gasteiger partial charge in [0.1, 0.15) is 6.54 Å². The van der Waals surface area contributed by atoms with E-state index in [1.807, 2.05) is 51.1 Å². The van der Waals surface area contributed by atoms with Crippen LogP contribution in [0.5, 0.6) is 0 Å². The van der Waals surface area contributed by atoms with Crippen LogP contribution in [0.2, 0.25) is 0 Å². The molecule has 150 valence electrons. The van der Waals surface area contributed by atoms with Crippen molar-refractivity contribution in [1.82, 2.24) is 5.06 Å². The molecule has 0 radical (unpaired) electrons. The molecule has 2 heterocycles. The second kappa shape index (κ2) is 7.09. The van der Waals surface area contributed by atoms with Crippen LogP contribution < -0.4 is 10.6 Å². The molecule has 2 aromatic carbocycles. The number of amides is 3. The molecule has 7 nitrogen and oxygen atoms in total. The Kier molecular flexibility index (Phi) is 4.72. The summed E-state index contributed by atoms with van der Waals surface area (Å²) in [5, 5.41) is 1.38. The molecule has 3 amide bonds. The Hall–Kier alpha value is -3.03. The molecule has 0 aliphatic carbocycles. The van der Waals surface area contributed by atoms with Crippen molar-refractivity contribution in [3.8, 4) is 0 Å². The molecule has 0 spiro atoms. The van der Waals surface area contributed by atoms with Crippen LogP contribution in [0.1, 0.15) is 28.3 Å². The number of primary amides is 1. The smallest absolute Gasteiger partial charge is 0.265 e. The first-order chi connectivity index (χ1) is 13.8. The normalized spacial score (nSPS) is 24.2. The van der Waals surface area contributed by atoms with Crippen LogP contribution in [-0.4, -0.2) is 35.4 Å². The van der Waals surface area contributed by atoms with Gasteiger partial charge in [-0.3, -0.25) is 19.2 Å². The molecule has 4 rings (SSSR count). The van der Waals surface area contributed by atoms with Crippen LogP contribution in [0.15, 0.2) is 42.5 Å². The Morgan fingerprint density at radius 3 is 2.38 bits per heavy atom. The molecule has 0 saturated carbocycles. The summed E-state index contributed by atoms with van der Waals surface area (Å²) < 4.78 is 0. The topological polar surface area (TPSA) is 92.9 Å². The molecule has 7 heteroatoms. The fraction of sp³-hybridized carbons (Fsp3) is 0.318. The van der Waals surface area contributed by atoms with Gasteiger partial charge in [0.2, 0.25) is 11.8 Å². The lowest BCUT2D eigenvalue weighted by Crippen LogP contribution is -2.40. The highest BCUT2D eigenvalue weighted by molar-refractivity contribution is 6.24. The van der Waals surface area contributed by atoms with Crippen molar-refractivity contribution in [2.45, 2.75) is 32.9 Å². The Bertz CT molecular complexity index is 1020. The number of para-hydroxylation sites is 1. The summed E-state index contributed by atoms with van der Waals surface area (Å²) in [6.07, 6.45) is -0.979. The molecule has 2 aliphatic heterocycles. The van der Waals surface area contributed by atoms with E-state index in [9.17, 15) is 14.4 Å². The zero-order chi connectivity index (χ0) is 20.9. The van der Waals surface area contributed by atoms with E-state index in [0.717, 1.165) is 22.3 Å². The van der Waals surface area contributed by atoms with E-state index in [1.165, 1.54) is 9.96 Å². The number of anilines is 1. The molecular weight excluding hydrogens is 370 g/mol. The Balaban J connectivity index is 1.77. The number of carbonyl (C=O) groups is 3. The fourth-order valence-corrected chi connectivity index (χ4v) is 4.13. The van der Waals surface area contributed by atoms with Gasteiger partial charge >= 0.3 is 0 Å². The van der Waals surface area contributed by atoms with Gasteiger partial charge < -0.3 is 5.73 Å². The van der Waals surface area contributed by atoms with Gasteiger partial charge in [0.15, 0.2) is 6.10 Å². The number of benzene rings is 2. The van der Waals surface area contributed by atoms with Gasteiger partial charge in [0.05, 0.1) is 17.6 Å². The second-order valence-electron chi connectivity index (χ2n) is 7.68. The number of imide groups is 1. The first kappa shape index (κ1) is 19.3. The Morgan fingerprint density at radius 2 is 1.72 bits per heavy atom. The first-order valence-electron chi connectivity index (χ1n) is 9.52. The van der Waals surface area contributed by atoms with Crippen LogP contribution in [0.3, 0.4) is 0 Å². The lowest BCUT2D eigenvalue weighted by Gasteiger charge is -2.27. The van der Waals surface area contributed by atoms with Crippen LogP contribution in [0.4, 0.5) is 5.69 Å². The molecular formula is C22H23N3O4. The molecule has 2 fully saturated rings. The van der Waals surface area contributed by atoms with Gasteiger partial charge in [-0.1, -0.05) is 36.4 Å². The zero-order valence-electron chi connectivity index (χ0n) is 16.6. The summed E-state index contributed by atoms with van der Waals surface area (Å²) in [4.78, 5) is 45.1. The minimum atomic E-state index is -0.979. The third-order valence-electron chi connectivity index (χ3n) is 5.74. The van der Waals surface area contributed by atoms with Gasteiger partial charge in [-0.15, -0.1) is 0 Å². The average molecular weight is 393 g/mol. The molecule has 0 aromatic heterocycles. The highest BCUT2D eigenvalue weighted by Crippen LogP contribution is 2.46. The monoisotopic (exact) mass is 393 g/mol. The van der Waals surface area contributed by atoms with Crippen molar-refractivity contribution >= 4 is 23.4 Å². The van der Waals surface area contributed by atoms with Gasteiger partial charge in [0, 0.05) is 0 Å². The van der Waals surface area contributed by atoms with E-state index in [2.05, 4.69) is 0 Å². The number of nitrogens with two attached hydrogens (primary N) is 1. The summed E-state index contributed by atoms with van der Waals surface area (Å²) in [5.74, 6) is -2.09. The number of nitrogens with zero attached hydrogens (tertiary/aromatic N) is 2. The van der Waals surface area contributed by atoms with E-state index in [0.29, 0.717) is 5.69 Å². The third-order valence-corrected chi connectivity index (χ3v) is 5.74. The maximum absolute atomic E-state index is 13.4. The molecule has 2 aliphatic rings. The van der Waals surface area contributed by atoms with Gasteiger partial charge in [-0.2, -0.15) is 5.06 Å². The number of hydrogen-bond donors (Lipinski definition) is 1. The first-order valence-corrected chi connectivity index (χ1v) is 9.52. The molecule has 29 heavy (non-hydrogen) atoms. The molecule has 0 bridgehead atoms. The van der Waals surface area contributed by atoms with Crippen LogP contribution in [-0.2, 0) is 19.2 Å². The fourth-order valence-electron chi connectivity index (χ4n) is 4.13. The van der Waals surface area contributed by atoms with E-state index in [1.54, 1.807) is 12.1 Å². The van der Waals surface area contributed by atoms with E-state index < -0.39 is 29.9 Å². The van der Waals surface area contributed by atoms with Crippen molar-refractivity contribution in [3.05, 3.63) is 64.7 Å². The molecule has 2 aromatic rings. The zero-order valence-corrected chi connectivity index (χ0v) is 16.6. The van der Waals surface area contributed by atoms with Crippen molar-refractivity contribution < 1.29 is 19.2 Å². The van der Waals surface area contributed by atoms with Gasteiger partial charge in [0.25, 0.3) is 5.91 Å². The number of hydroxylamine groups is 2. The van der Waals surface area contributed by atoms with Crippen molar-refractivity contribution in [2.24, 2.45) is 11.7 Å². The summed E-state index contributed by atoms with van der Waals surface area (Å²) in [6.45, 7) is 5.63. The van der Waals surface area contributed by atoms with Crippen molar-refractivity contribution in [3.63, 3.8) is 0 Å². The van der Waals surface area contributed by atoms with Gasteiger partial charge in [-0.05, 0) is 49.1 Å². The Labute approximate surface area is 169 Å². The molecule has 3 unspecified atom stereocenters. The maximum atomic E-state index is 13.4. The van der Waals surface area contributed by atoms with Crippen molar-refractivity contribution in [1.29, 1.82) is 0 Å².